The van der Waals surface area contributed by atoms with Gasteiger partial charge in [0.25, 0.3) is 5.91 Å². The van der Waals surface area contributed by atoms with Crippen LogP contribution in [0.1, 0.15) is 0 Å². The van der Waals surface area contributed by atoms with Crippen LogP contribution in [0.3, 0.4) is 0 Å². The number of alkyl halides is 1. The van der Waals surface area contributed by atoms with Crippen molar-refractivity contribution in [1.29, 1.82) is 0 Å². The predicted octanol–water partition coefficient (Wildman–Crippen LogP) is -0.922. The summed E-state index contributed by atoms with van der Waals surface area (Å²) < 4.78 is 17.7. The van der Waals surface area contributed by atoms with E-state index >= 15 is 0 Å². The molecular weight excluding hydrogens is 165 g/mol. The molecule has 1 amide bonds. The van der Waals surface area contributed by atoms with Crippen molar-refractivity contribution in [1.82, 2.24) is 5.32 Å². The van der Waals surface area contributed by atoms with Crippen molar-refractivity contribution < 1.29 is 19.0 Å². The summed E-state index contributed by atoms with van der Waals surface area (Å²) in [7, 11) is 1.43. The van der Waals surface area contributed by atoms with Gasteiger partial charge in [0.15, 0.2) is 6.17 Å². The Morgan fingerprint density at radius 3 is 2.92 bits per heavy atom. The van der Waals surface area contributed by atoms with E-state index < -0.39 is 24.0 Å². The first-order valence-electron chi connectivity index (χ1n) is 3.75. The highest BCUT2D eigenvalue weighted by molar-refractivity contribution is 5.83. The molecule has 5 heteroatoms. The third kappa shape index (κ3) is 1.56. The number of carbonyl (C=O) groups excluding carboxylic acids is 1. The van der Waals surface area contributed by atoms with E-state index in [-0.39, 0.29) is 13.2 Å². The van der Waals surface area contributed by atoms with Crippen molar-refractivity contribution in [3.8, 4) is 0 Å². The molecule has 1 fully saturated rings. The number of aliphatic hydroxyl groups is 1. The molecule has 0 spiro atoms. The fourth-order valence-electron chi connectivity index (χ4n) is 1.34. The lowest BCUT2D eigenvalue weighted by Crippen LogP contribution is -2.34. The van der Waals surface area contributed by atoms with E-state index in [2.05, 4.69) is 5.32 Å². The maximum Gasteiger partial charge on any atom is 0.255 e. The third-order valence-electron chi connectivity index (χ3n) is 2.03. The topological polar surface area (TPSA) is 58.6 Å². The zero-order valence-electron chi connectivity index (χ0n) is 6.79. The van der Waals surface area contributed by atoms with Gasteiger partial charge in [-0.15, -0.1) is 0 Å². The zero-order chi connectivity index (χ0) is 9.14. The van der Waals surface area contributed by atoms with E-state index in [4.69, 9.17) is 9.84 Å². The summed E-state index contributed by atoms with van der Waals surface area (Å²) in [5, 5.41) is 11.1. The fraction of sp³-hybridized carbons (Fsp3) is 0.857. The molecule has 2 N–H and O–H groups in total. The van der Waals surface area contributed by atoms with Crippen LogP contribution in [0, 0.1) is 5.92 Å². The van der Waals surface area contributed by atoms with Gasteiger partial charge in [0, 0.05) is 13.0 Å². The molecule has 0 radical (unpaired) electrons. The minimum absolute atomic E-state index is 0.144. The van der Waals surface area contributed by atoms with Crippen LogP contribution in [0.15, 0.2) is 0 Å². The van der Waals surface area contributed by atoms with Crippen molar-refractivity contribution in [3.05, 3.63) is 0 Å². The average molecular weight is 177 g/mol. The minimum atomic E-state index is -1.55. The van der Waals surface area contributed by atoms with E-state index in [1.165, 1.54) is 7.11 Å². The predicted molar refractivity (Wildman–Crippen MR) is 39.3 cm³/mol. The van der Waals surface area contributed by atoms with Crippen LogP contribution in [0.25, 0.3) is 0 Å². The summed E-state index contributed by atoms with van der Waals surface area (Å²) in [6.07, 6.45) is -1.55. The van der Waals surface area contributed by atoms with Crippen LogP contribution in [0.5, 0.6) is 0 Å². The number of amides is 1. The number of hydrogen-bond donors (Lipinski definition) is 2. The molecule has 1 heterocycles. The van der Waals surface area contributed by atoms with Gasteiger partial charge in [-0.05, 0) is 0 Å². The first kappa shape index (κ1) is 9.41. The first-order valence-corrected chi connectivity index (χ1v) is 3.75. The average Bonchev–Trinajstić information content (AvgIpc) is 2.33. The van der Waals surface area contributed by atoms with Gasteiger partial charge < -0.3 is 15.2 Å². The highest BCUT2D eigenvalue weighted by Gasteiger charge is 2.42. The Balaban J connectivity index is 2.60. The van der Waals surface area contributed by atoms with Gasteiger partial charge >= 0.3 is 0 Å². The second-order valence-electron chi connectivity index (χ2n) is 2.82. The second kappa shape index (κ2) is 3.82. The van der Waals surface area contributed by atoms with Gasteiger partial charge in [-0.2, -0.15) is 0 Å². The van der Waals surface area contributed by atoms with Crippen LogP contribution in [0.2, 0.25) is 0 Å². The first-order chi connectivity index (χ1) is 5.70. The lowest BCUT2D eigenvalue weighted by molar-refractivity contribution is -0.124. The Hall–Kier alpha value is -0.680. The molecule has 0 saturated carbocycles. The van der Waals surface area contributed by atoms with Crippen LogP contribution in [-0.2, 0) is 9.53 Å². The molecule has 3 atom stereocenters. The van der Waals surface area contributed by atoms with Crippen molar-refractivity contribution in [2.45, 2.75) is 12.2 Å². The van der Waals surface area contributed by atoms with E-state index in [1.807, 2.05) is 0 Å². The van der Waals surface area contributed by atoms with Crippen LogP contribution in [0.4, 0.5) is 4.39 Å². The number of nitrogens with one attached hydrogen (secondary N) is 1. The molecule has 0 aromatic rings. The monoisotopic (exact) mass is 177 g/mol. The molecule has 1 aliphatic rings. The largest absolute Gasteiger partial charge is 0.394 e. The number of halogens is 1. The van der Waals surface area contributed by atoms with Crippen molar-refractivity contribution in [2.75, 3.05) is 20.3 Å². The lowest BCUT2D eigenvalue weighted by Gasteiger charge is -2.15. The van der Waals surface area contributed by atoms with Crippen molar-refractivity contribution >= 4 is 5.91 Å². The van der Waals surface area contributed by atoms with Crippen LogP contribution < -0.4 is 5.32 Å². The molecule has 1 rings (SSSR count). The van der Waals surface area contributed by atoms with E-state index in [9.17, 15) is 9.18 Å². The molecule has 1 unspecified atom stereocenters. The molecule has 0 aliphatic carbocycles. The molecule has 0 bridgehead atoms. The Morgan fingerprint density at radius 1 is 1.75 bits per heavy atom. The normalized spacial score (nSPS) is 35.2. The summed E-state index contributed by atoms with van der Waals surface area (Å²) in [4.78, 5) is 10.8. The number of aliphatic hydroxyl groups excluding tert-OH is 1. The van der Waals surface area contributed by atoms with E-state index in [1.54, 1.807) is 0 Å². The lowest BCUT2D eigenvalue weighted by atomic mass is 10.0. The maximum atomic E-state index is 13.0. The number of hydrogen-bond acceptors (Lipinski definition) is 3. The second-order valence-corrected chi connectivity index (χ2v) is 2.82. The summed E-state index contributed by atoms with van der Waals surface area (Å²) in [6, 6.07) is -0.507. The van der Waals surface area contributed by atoms with Gasteiger partial charge in [-0.3, -0.25) is 4.79 Å². The minimum Gasteiger partial charge on any atom is -0.394 e. The SMILES string of the molecule is COC[C@@H]1C(F)C(=O)N[C@@H]1CO. The standard InChI is InChI=1S/C7H12FNO3/c1-12-3-4-5(2-10)9-7(11)6(4)8/h4-6,10H,2-3H2,1H3,(H,9,11)/t4-,5+,6?/m0/s1. The van der Waals surface area contributed by atoms with Crippen LogP contribution in [-0.4, -0.2) is 43.6 Å². The highest BCUT2D eigenvalue weighted by atomic mass is 19.1. The van der Waals surface area contributed by atoms with Gasteiger partial charge in [0.1, 0.15) is 0 Å². The van der Waals surface area contributed by atoms with E-state index in [0.29, 0.717) is 0 Å². The number of rotatable bonds is 3. The molecule has 0 aromatic carbocycles. The summed E-state index contributed by atoms with van der Waals surface area (Å²) in [5.41, 5.74) is 0. The van der Waals surface area contributed by atoms with Gasteiger partial charge in [-0.1, -0.05) is 0 Å². The Labute approximate surface area is 69.7 Å². The summed E-state index contributed by atoms with van der Waals surface area (Å²) >= 11 is 0. The number of methoxy groups -OCH3 is 1. The maximum absolute atomic E-state index is 13.0. The Kier molecular flexibility index (Phi) is 2.99. The summed E-state index contributed by atoms with van der Waals surface area (Å²) in [5.74, 6) is -1.22. The van der Waals surface area contributed by atoms with Crippen LogP contribution >= 0.6 is 0 Å². The van der Waals surface area contributed by atoms with Gasteiger partial charge in [-0.25, -0.2) is 4.39 Å². The number of carbonyl (C=O) groups is 1. The highest BCUT2D eigenvalue weighted by Crippen LogP contribution is 2.20. The Bertz CT molecular complexity index is 176. The van der Waals surface area contributed by atoms with Gasteiger partial charge in [0.05, 0.1) is 19.3 Å². The molecule has 4 nitrogen and oxygen atoms in total. The van der Waals surface area contributed by atoms with Crippen molar-refractivity contribution in [2.24, 2.45) is 5.92 Å². The van der Waals surface area contributed by atoms with Gasteiger partial charge in [0.2, 0.25) is 0 Å². The Morgan fingerprint density at radius 2 is 2.42 bits per heavy atom. The summed E-state index contributed by atoms with van der Waals surface area (Å²) in [6.45, 7) is -0.106. The van der Waals surface area contributed by atoms with Crippen molar-refractivity contribution in [3.63, 3.8) is 0 Å². The number of ether oxygens (including phenoxy) is 1. The molecule has 12 heavy (non-hydrogen) atoms. The molecule has 70 valence electrons. The fourth-order valence-corrected chi connectivity index (χ4v) is 1.34. The molecule has 1 aliphatic heterocycles. The molecule has 0 aromatic heterocycles. The molecule has 1 saturated heterocycles. The molecular formula is C7H12FNO3. The third-order valence-corrected chi connectivity index (χ3v) is 2.03. The zero-order valence-corrected chi connectivity index (χ0v) is 6.79. The smallest absolute Gasteiger partial charge is 0.255 e. The quantitative estimate of drug-likeness (QED) is 0.586. The van der Waals surface area contributed by atoms with E-state index in [0.717, 1.165) is 0 Å².